The summed E-state index contributed by atoms with van der Waals surface area (Å²) >= 11 is 1.36. The molecule has 0 aliphatic rings. The summed E-state index contributed by atoms with van der Waals surface area (Å²) < 4.78 is 16.1. The normalized spacial score (nSPS) is 10.2. The highest BCUT2D eigenvalue weighted by molar-refractivity contribution is 7.13. The van der Waals surface area contributed by atoms with Gasteiger partial charge in [0.15, 0.2) is 11.7 Å². The number of anilines is 1. The molecular formula is C15H18N2O4S. The Morgan fingerprint density at radius 1 is 1.18 bits per heavy atom. The van der Waals surface area contributed by atoms with Crippen LogP contribution in [0.2, 0.25) is 0 Å². The van der Waals surface area contributed by atoms with Crippen LogP contribution in [0.5, 0.6) is 11.5 Å². The summed E-state index contributed by atoms with van der Waals surface area (Å²) in [6, 6.07) is 7.10. The van der Waals surface area contributed by atoms with E-state index in [-0.39, 0.29) is 12.5 Å². The van der Waals surface area contributed by atoms with Crippen molar-refractivity contribution < 1.29 is 19.0 Å². The Hall–Kier alpha value is -2.12. The van der Waals surface area contributed by atoms with Crippen LogP contribution in [-0.4, -0.2) is 37.3 Å². The zero-order valence-electron chi connectivity index (χ0n) is 12.3. The van der Waals surface area contributed by atoms with Gasteiger partial charge in [0.1, 0.15) is 18.1 Å². The summed E-state index contributed by atoms with van der Waals surface area (Å²) in [5.41, 5.74) is 0. The van der Waals surface area contributed by atoms with Crippen molar-refractivity contribution in [3.63, 3.8) is 0 Å². The first-order valence-corrected chi connectivity index (χ1v) is 7.78. The van der Waals surface area contributed by atoms with Crippen molar-refractivity contribution in [2.75, 3.05) is 31.7 Å². The standard InChI is InChI=1S/C15H18N2O4S/c1-2-19-8-9-20-12-3-5-13(6-4-12)21-11-14(18)17-15-16-7-10-22-15/h3-7,10H,2,8-9,11H2,1H3,(H,16,17,18). The smallest absolute Gasteiger partial charge is 0.264 e. The largest absolute Gasteiger partial charge is 0.491 e. The summed E-state index contributed by atoms with van der Waals surface area (Å²) in [5.74, 6) is 1.10. The van der Waals surface area contributed by atoms with Crippen LogP contribution in [0.25, 0.3) is 0 Å². The van der Waals surface area contributed by atoms with E-state index in [1.165, 1.54) is 11.3 Å². The Kier molecular flexibility index (Phi) is 6.66. The van der Waals surface area contributed by atoms with Crippen molar-refractivity contribution in [3.8, 4) is 11.5 Å². The predicted octanol–water partition coefficient (Wildman–Crippen LogP) is 2.58. The molecule has 7 heteroatoms. The predicted molar refractivity (Wildman–Crippen MR) is 84.7 cm³/mol. The second kappa shape index (κ2) is 9.01. The zero-order valence-corrected chi connectivity index (χ0v) is 13.1. The van der Waals surface area contributed by atoms with Crippen molar-refractivity contribution >= 4 is 22.4 Å². The average Bonchev–Trinajstić information content (AvgIpc) is 3.03. The van der Waals surface area contributed by atoms with Crippen LogP contribution in [0, 0.1) is 0 Å². The van der Waals surface area contributed by atoms with Gasteiger partial charge in [-0.1, -0.05) is 0 Å². The van der Waals surface area contributed by atoms with E-state index in [0.717, 1.165) is 5.75 Å². The fourth-order valence-corrected chi connectivity index (χ4v) is 2.13. The molecule has 2 aromatic rings. The lowest BCUT2D eigenvalue weighted by Crippen LogP contribution is -2.19. The van der Waals surface area contributed by atoms with E-state index in [1.54, 1.807) is 35.8 Å². The van der Waals surface area contributed by atoms with Crippen LogP contribution >= 0.6 is 11.3 Å². The molecule has 0 atom stereocenters. The fraction of sp³-hybridized carbons (Fsp3) is 0.333. The Bertz CT molecular complexity index is 557. The average molecular weight is 322 g/mol. The van der Waals surface area contributed by atoms with Gasteiger partial charge in [0.2, 0.25) is 0 Å². The van der Waals surface area contributed by atoms with Gasteiger partial charge in [-0.25, -0.2) is 4.98 Å². The van der Waals surface area contributed by atoms with Crippen molar-refractivity contribution in [1.82, 2.24) is 4.98 Å². The molecule has 0 saturated carbocycles. The molecule has 0 spiro atoms. The molecule has 1 aromatic carbocycles. The lowest BCUT2D eigenvalue weighted by atomic mass is 10.3. The Balaban J connectivity index is 1.70. The van der Waals surface area contributed by atoms with Crippen LogP contribution in [0.4, 0.5) is 5.13 Å². The minimum absolute atomic E-state index is 0.0654. The molecule has 118 valence electrons. The molecular weight excluding hydrogens is 304 g/mol. The monoisotopic (exact) mass is 322 g/mol. The summed E-state index contributed by atoms with van der Waals surface area (Å²) in [6.45, 7) is 3.62. The molecule has 0 aliphatic heterocycles. The Morgan fingerprint density at radius 3 is 2.55 bits per heavy atom. The van der Waals surface area contributed by atoms with Crippen molar-refractivity contribution in [3.05, 3.63) is 35.8 Å². The molecule has 0 radical (unpaired) electrons. The van der Waals surface area contributed by atoms with E-state index >= 15 is 0 Å². The number of aromatic nitrogens is 1. The second-order valence-electron chi connectivity index (χ2n) is 4.19. The highest BCUT2D eigenvalue weighted by Gasteiger charge is 2.05. The molecule has 0 unspecified atom stereocenters. The number of hydrogen-bond donors (Lipinski definition) is 1. The minimum atomic E-state index is -0.244. The lowest BCUT2D eigenvalue weighted by Gasteiger charge is -2.08. The number of amides is 1. The molecule has 1 amide bonds. The van der Waals surface area contributed by atoms with Crippen LogP contribution in [-0.2, 0) is 9.53 Å². The van der Waals surface area contributed by atoms with Gasteiger partial charge in [-0.2, -0.15) is 0 Å². The summed E-state index contributed by atoms with van der Waals surface area (Å²) in [7, 11) is 0. The van der Waals surface area contributed by atoms with Crippen molar-refractivity contribution in [2.24, 2.45) is 0 Å². The number of carbonyl (C=O) groups is 1. The Labute approximate surface area is 133 Å². The summed E-state index contributed by atoms with van der Waals surface area (Å²) in [6.07, 6.45) is 1.63. The number of nitrogens with one attached hydrogen (secondary N) is 1. The number of nitrogens with zero attached hydrogens (tertiary/aromatic N) is 1. The Morgan fingerprint density at radius 2 is 1.91 bits per heavy atom. The van der Waals surface area contributed by atoms with E-state index < -0.39 is 0 Å². The summed E-state index contributed by atoms with van der Waals surface area (Å²) in [4.78, 5) is 15.6. The third-order valence-corrected chi connectivity index (χ3v) is 3.26. The van der Waals surface area contributed by atoms with Crippen molar-refractivity contribution in [2.45, 2.75) is 6.92 Å². The SMILES string of the molecule is CCOCCOc1ccc(OCC(=O)Nc2nccs2)cc1. The number of rotatable bonds is 9. The molecule has 0 saturated heterocycles. The first kappa shape index (κ1) is 16.3. The maximum atomic E-state index is 11.6. The quantitative estimate of drug-likeness (QED) is 0.719. The van der Waals surface area contributed by atoms with E-state index in [4.69, 9.17) is 14.2 Å². The van der Waals surface area contributed by atoms with Crippen LogP contribution in [0.1, 0.15) is 6.92 Å². The number of hydrogen-bond acceptors (Lipinski definition) is 6. The van der Waals surface area contributed by atoms with Gasteiger partial charge in [0.25, 0.3) is 5.91 Å². The number of thiazole rings is 1. The van der Waals surface area contributed by atoms with E-state index in [0.29, 0.717) is 30.7 Å². The highest BCUT2D eigenvalue weighted by atomic mass is 32.1. The third kappa shape index (κ3) is 5.71. The van der Waals surface area contributed by atoms with Crippen LogP contribution < -0.4 is 14.8 Å². The first-order chi connectivity index (χ1) is 10.8. The first-order valence-electron chi connectivity index (χ1n) is 6.90. The highest BCUT2D eigenvalue weighted by Crippen LogP contribution is 2.17. The number of ether oxygens (including phenoxy) is 3. The maximum Gasteiger partial charge on any atom is 0.264 e. The van der Waals surface area contributed by atoms with Gasteiger partial charge in [-0.15, -0.1) is 11.3 Å². The van der Waals surface area contributed by atoms with E-state index in [9.17, 15) is 4.79 Å². The molecule has 2 rings (SSSR count). The zero-order chi connectivity index (χ0) is 15.6. The maximum absolute atomic E-state index is 11.6. The van der Waals surface area contributed by atoms with Gasteiger partial charge >= 0.3 is 0 Å². The van der Waals surface area contributed by atoms with Crippen LogP contribution in [0.15, 0.2) is 35.8 Å². The van der Waals surface area contributed by atoms with Crippen LogP contribution in [0.3, 0.4) is 0 Å². The molecule has 0 fully saturated rings. The van der Waals surface area contributed by atoms with E-state index in [2.05, 4.69) is 10.3 Å². The minimum Gasteiger partial charge on any atom is -0.491 e. The number of benzene rings is 1. The van der Waals surface area contributed by atoms with Gasteiger partial charge < -0.3 is 14.2 Å². The molecule has 6 nitrogen and oxygen atoms in total. The fourth-order valence-electron chi connectivity index (χ4n) is 1.58. The molecule has 1 aromatic heterocycles. The summed E-state index contributed by atoms with van der Waals surface area (Å²) in [5, 5.41) is 5.00. The van der Waals surface area contributed by atoms with Crippen molar-refractivity contribution in [1.29, 1.82) is 0 Å². The molecule has 1 N–H and O–H groups in total. The van der Waals surface area contributed by atoms with E-state index in [1.807, 2.05) is 6.92 Å². The van der Waals surface area contributed by atoms with Gasteiger partial charge in [-0.05, 0) is 31.2 Å². The molecule has 0 bridgehead atoms. The van der Waals surface area contributed by atoms with Gasteiger partial charge in [0, 0.05) is 18.2 Å². The van der Waals surface area contributed by atoms with Gasteiger partial charge in [0.05, 0.1) is 6.61 Å². The molecule has 0 aliphatic carbocycles. The lowest BCUT2D eigenvalue weighted by molar-refractivity contribution is -0.118. The third-order valence-electron chi connectivity index (χ3n) is 2.57. The molecule has 22 heavy (non-hydrogen) atoms. The molecule has 1 heterocycles. The topological polar surface area (TPSA) is 69.7 Å². The van der Waals surface area contributed by atoms with Gasteiger partial charge in [-0.3, -0.25) is 10.1 Å². The second-order valence-corrected chi connectivity index (χ2v) is 5.09. The number of carbonyl (C=O) groups excluding carboxylic acids is 1.